The van der Waals surface area contributed by atoms with Gasteiger partial charge >= 0.3 is 0 Å². The third kappa shape index (κ3) is 3.14. The number of aliphatic hydroxyl groups excluding tert-OH is 1. The van der Waals surface area contributed by atoms with Crippen LogP contribution in [-0.2, 0) is 6.42 Å². The van der Waals surface area contributed by atoms with Crippen molar-refractivity contribution in [1.29, 1.82) is 5.26 Å². The summed E-state index contributed by atoms with van der Waals surface area (Å²) in [6.07, 6.45) is -0.502. The summed E-state index contributed by atoms with van der Waals surface area (Å²) < 4.78 is 19.3. The molecule has 4 heteroatoms. The van der Waals surface area contributed by atoms with E-state index in [1.807, 2.05) is 0 Å². The van der Waals surface area contributed by atoms with E-state index in [1.54, 1.807) is 37.3 Å². The molecule has 0 aliphatic rings. The number of benzene rings is 2. The van der Waals surface area contributed by atoms with Crippen molar-refractivity contribution in [2.75, 3.05) is 0 Å². The average molecular weight is 271 g/mol. The molecule has 20 heavy (non-hydrogen) atoms. The molecule has 2 aromatic carbocycles. The number of aliphatic hydroxyl groups is 1. The predicted octanol–water partition coefficient (Wildman–Crippen LogP) is 3.74. The smallest absolute Gasteiger partial charge is 0.168 e. The summed E-state index contributed by atoms with van der Waals surface area (Å²) in [6.45, 7) is 1.55. The molecule has 102 valence electrons. The van der Waals surface area contributed by atoms with Crippen molar-refractivity contribution in [1.82, 2.24) is 0 Å². The lowest BCUT2D eigenvalue weighted by molar-refractivity contribution is 0.194. The second-order valence-corrected chi connectivity index (χ2v) is 4.42. The number of hydrogen-bond acceptors (Lipinski definition) is 3. The molecule has 0 aliphatic carbocycles. The summed E-state index contributed by atoms with van der Waals surface area (Å²) in [4.78, 5) is 0. The van der Waals surface area contributed by atoms with Crippen LogP contribution in [0.4, 0.5) is 4.39 Å². The fourth-order valence-electron chi connectivity index (χ4n) is 1.85. The van der Waals surface area contributed by atoms with Gasteiger partial charge in [0.15, 0.2) is 11.6 Å². The largest absolute Gasteiger partial charge is 0.454 e. The van der Waals surface area contributed by atoms with Crippen LogP contribution < -0.4 is 4.74 Å². The van der Waals surface area contributed by atoms with E-state index in [0.29, 0.717) is 17.7 Å². The van der Waals surface area contributed by atoms with Gasteiger partial charge in [-0.05, 0) is 30.7 Å². The Hall–Kier alpha value is -2.38. The number of para-hydroxylation sites is 1. The molecule has 1 N–H and O–H groups in total. The van der Waals surface area contributed by atoms with Crippen LogP contribution in [0, 0.1) is 17.1 Å². The summed E-state index contributed by atoms with van der Waals surface area (Å²) in [5.41, 5.74) is 1.26. The first-order valence-corrected chi connectivity index (χ1v) is 6.22. The Kier molecular flexibility index (Phi) is 4.34. The van der Waals surface area contributed by atoms with Crippen LogP contribution in [-0.4, -0.2) is 5.11 Å². The van der Waals surface area contributed by atoms with Gasteiger partial charge in [0.1, 0.15) is 5.75 Å². The Morgan fingerprint density at radius 3 is 2.55 bits per heavy atom. The van der Waals surface area contributed by atoms with Gasteiger partial charge in [0.05, 0.1) is 18.6 Å². The van der Waals surface area contributed by atoms with Crippen LogP contribution in [0.25, 0.3) is 0 Å². The van der Waals surface area contributed by atoms with Crippen molar-refractivity contribution in [2.45, 2.75) is 19.4 Å². The fraction of sp³-hybridized carbons (Fsp3) is 0.188. The molecular formula is C16H14FNO2. The first-order chi connectivity index (χ1) is 9.61. The molecule has 0 aromatic heterocycles. The van der Waals surface area contributed by atoms with Crippen LogP contribution in [0.15, 0.2) is 42.5 Å². The second kappa shape index (κ2) is 6.18. The normalized spacial score (nSPS) is 11.7. The van der Waals surface area contributed by atoms with Crippen LogP contribution in [0.1, 0.15) is 24.2 Å². The maximum atomic E-state index is 13.8. The first kappa shape index (κ1) is 14.0. The van der Waals surface area contributed by atoms with E-state index in [9.17, 15) is 9.50 Å². The monoisotopic (exact) mass is 271 g/mol. The van der Waals surface area contributed by atoms with Crippen molar-refractivity contribution in [3.8, 4) is 17.6 Å². The van der Waals surface area contributed by atoms with Gasteiger partial charge in [-0.2, -0.15) is 5.26 Å². The number of rotatable bonds is 4. The topological polar surface area (TPSA) is 53.2 Å². The number of hydrogen-bond donors (Lipinski definition) is 1. The van der Waals surface area contributed by atoms with Gasteiger partial charge in [-0.3, -0.25) is 0 Å². The number of halogens is 1. The molecule has 1 atom stereocenters. The van der Waals surface area contributed by atoms with Crippen molar-refractivity contribution in [3.63, 3.8) is 0 Å². The lowest BCUT2D eigenvalue weighted by atomic mass is 10.1. The Labute approximate surface area is 116 Å². The van der Waals surface area contributed by atoms with E-state index in [1.165, 1.54) is 12.1 Å². The van der Waals surface area contributed by atoms with Crippen molar-refractivity contribution < 1.29 is 14.2 Å². The maximum Gasteiger partial charge on any atom is 0.168 e. The minimum Gasteiger partial charge on any atom is -0.454 e. The summed E-state index contributed by atoms with van der Waals surface area (Å²) in [7, 11) is 0. The maximum absolute atomic E-state index is 13.8. The van der Waals surface area contributed by atoms with E-state index >= 15 is 0 Å². The highest BCUT2D eigenvalue weighted by molar-refractivity contribution is 5.40. The highest BCUT2D eigenvalue weighted by Gasteiger charge is 2.14. The van der Waals surface area contributed by atoms with Crippen molar-refractivity contribution in [3.05, 3.63) is 59.4 Å². The summed E-state index contributed by atoms with van der Waals surface area (Å²) in [6, 6.07) is 13.3. The molecule has 0 saturated carbocycles. The molecule has 0 radical (unpaired) electrons. The van der Waals surface area contributed by atoms with Gasteiger partial charge in [0.2, 0.25) is 0 Å². The van der Waals surface area contributed by atoms with E-state index in [-0.39, 0.29) is 5.75 Å². The summed E-state index contributed by atoms with van der Waals surface area (Å²) >= 11 is 0. The SMILES string of the molecule is C[C@H](O)c1cccc(F)c1Oc1ccc(CC#N)cc1. The molecule has 0 saturated heterocycles. The van der Waals surface area contributed by atoms with Gasteiger partial charge in [0.25, 0.3) is 0 Å². The molecular weight excluding hydrogens is 257 g/mol. The van der Waals surface area contributed by atoms with Crippen LogP contribution in [0.5, 0.6) is 11.5 Å². The third-order valence-electron chi connectivity index (χ3n) is 2.87. The molecule has 0 unspecified atom stereocenters. The standard InChI is InChI=1S/C16H14FNO2/c1-11(19)14-3-2-4-15(17)16(14)20-13-7-5-12(6-8-13)9-10-18/h2-8,11,19H,9H2,1H3/t11-/m0/s1. The second-order valence-electron chi connectivity index (χ2n) is 4.42. The van der Waals surface area contributed by atoms with Gasteiger partial charge in [0, 0.05) is 5.56 Å². The third-order valence-corrected chi connectivity index (χ3v) is 2.87. The fourth-order valence-corrected chi connectivity index (χ4v) is 1.85. The summed E-state index contributed by atoms with van der Waals surface area (Å²) in [5, 5.41) is 18.2. The Bertz CT molecular complexity index is 630. The summed E-state index contributed by atoms with van der Waals surface area (Å²) in [5.74, 6) is -0.0428. The minimum absolute atomic E-state index is 0.0236. The predicted molar refractivity (Wildman–Crippen MR) is 72.9 cm³/mol. The molecule has 0 aliphatic heterocycles. The molecule has 0 amide bonds. The van der Waals surface area contributed by atoms with E-state index in [2.05, 4.69) is 6.07 Å². The Balaban J connectivity index is 2.28. The molecule has 0 fully saturated rings. The molecule has 2 aromatic rings. The van der Waals surface area contributed by atoms with Crippen LogP contribution >= 0.6 is 0 Å². The van der Waals surface area contributed by atoms with E-state index in [4.69, 9.17) is 10.00 Å². The number of ether oxygens (including phenoxy) is 1. The van der Waals surface area contributed by atoms with Crippen molar-refractivity contribution in [2.24, 2.45) is 0 Å². The molecule has 0 heterocycles. The van der Waals surface area contributed by atoms with Crippen LogP contribution in [0.2, 0.25) is 0 Å². The van der Waals surface area contributed by atoms with Gasteiger partial charge in [-0.1, -0.05) is 24.3 Å². The van der Waals surface area contributed by atoms with E-state index < -0.39 is 11.9 Å². The first-order valence-electron chi connectivity index (χ1n) is 6.22. The van der Waals surface area contributed by atoms with E-state index in [0.717, 1.165) is 5.56 Å². The zero-order chi connectivity index (χ0) is 14.5. The lowest BCUT2D eigenvalue weighted by Gasteiger charge is -2.14. The molecule has 0 bridgehead atoms. The molecule has 3 nitrogen and oxygen atoms in total. The van der Waals surface area contributed by atoms with Gasteiger partial charge < -0.3 is 9.84 Å². The van der Waals surface area contributed by atoms with Crippen LogP contribution in [0.3, 0.4) is 0 Å². The van der Waals surface area contributed by atoms with Gasteiger partial charge in [-0.25, -0.2) is 4.39 Å². The Morgan fingerprint density at radius 2 is 1.95 bits per heavy atom. The molecule has 0 spiro atoms. The lowest BCUT2D eigenvalue weighted by Crippen LogP contribution is -1.98. The zero-order valence-electron chi connectivity index (χ0n) is 11.0. The highest BCUT2D eigenvalue weighted by atomic mass is 19.1. The number of nitrogens with zero attached hydrogens (tertiary/aromatic N) is 1. The molecule has 2 rings (SSSR count). The Morgan fingerprint density at radius 1 is 1.25 bits per heavy atom. The average Bonchev–Trinajstić information content (AvgIpc) is 2.43. The number of nitriles is 1. The minimum atomic E-state index is -0.821. The zero-order valence-corrected chi connectivity index (χ0v) is 11.0. The van der Waals surface area contributed by atoms with Crippen molar-refractivity contribution >= 4 is 0 Å². The quantitative estimate of drug-likeness (QED) is 0.921. The van der Waals surface area contributed by atoms with Gasteiger partial charge in [-0.15, -0.1) is 0 Å². The highest BCUT2D eigenvalue weighted by Crippen LogP contribution is 2.32.